The number of aromatic nitrogens is 1. The number of nitrogens with two attached hydrogens (primary N) is 1. The molecule has 3 N–H and O–H groups in total. The topological polar surface area (TPSA) is 77.2 Å². The monoisotopic (exact) mass is 209 g/mol. The van der Waals surface area contributed by atoms with Crippen LogP contribution in [0.2, 0.25) is 0 Å². The molecule has 0 bridgehead atoms. The molecule has 15 heavy (non-hydrogen) atoms. The van der Waals surface area contributed by atoms with Gasteiger partial charge in [-0.25, -0.2) is 0 Å². The van der Waals surface area contributed by atoms with Gasteiger partial charge in [0.25, 0.3) is 0 Å². The SMILES string of the molecule is NCCNC(=O)CCOc1cccnc1. The fourth-order valence-corrected chi connectivity index (χ4v) is 0.994. The maximum atomic E-state index is 11.1. The van der Waals surface area contributed by atoms with E-state index in [0.717, 1.165) is 0 Å². The normalized spacial score (nSPS) is 9.67. The summed E-state index contributed by atoms with van der Waals surface area (Å²) in [5, 5.41) is 2.66. The molecule has 1 rings (SSSR count). The summed E-state index contributed by atoms with van der Waals surface area (Å²) < 4.78 is 5.30. The van der Waals surface area contributed by atoms with Crippen LogP contribution in [0.5, 0.6) is 5.75 Å². The van der Waals surface area contributed by atoms with Crippen LogP contribution < -0.4 is 15.8 Å². The van der Waals surface area contributed by atoms with Gasteiger partial charge < -0.3 is 15.8 Å². The average molecular weight is 209 g/mol. The van der Waals surface area contributed by atoms with Crippen molar-refractivity contribution < 1.29 is 9.53 Å². The first kappa shape index (κ1) is 11.5. The number of carbonyl (C=O) groups is 1. The largest absolute Gasteiger partial charge is 0.491 e. The molecular formula is C10H15N3O2. The summed E-state index contributed by atoms with van der Waals surface area (Å²) in [6.07, 6.45) is 3.60. The number of rotatable bonds is 6. The molecule has 0 aliphatic heterocycles. The minimum atomic E-state index is -0.0515. The number of nitrogens with zero attached hydrogens (tertiary/aromatic N) is 1. The van der Waals surface area contributed by atoms with Gasteiger partial charge in [0.15, 0.2) is 0 Å². The summed E-state index contributed by atoms with van der Waals surface area (Å²) in [5.74, 6) is 0.619. The van der Waals surface area contributed by atoms with Crippen molar-refractivity contribution in [2.24, 2.45) is 5.73 Å². The van der Waals surface area contributed by atoms with Crippen LogP contribution in [0, 0.1) is 0 Å². The van der Waals surface area contributed by atoms with E-state index in [0.29, 0.717) is 31.9 Å². The van der Waals surface area contributed by atoms with Gasteiger partial charge in [-0.05, 0) is 12.1 Å². The van der Waals surface area contributed by atoms with Crippen molar-refractivity contribution in [2.45, 2.75) is 6.42 Å². The van der Waals surface area contributed by atoms with Gasteiger partial charge in [-0.2, -0.15) is 0 Å². The smallest absolute Gasteiger partial charge is 0.223 e. The highest BCUT2D eigenvalue weighted by Gasteiger charge is 2.00. The van der Waals surface area contributed by atoms with Crippen molar-refractivity contribution in [3.8, 4) is 5.75 Å². The summed E-state index contributed by atoms with van der Waals surface area (Å²) >= 11 is 0. The quantitative estimate of drug-likeness (QED) is 0.687. The van der Waals surface area contributed by atoms with Crippen LogP contribution in [0.3, 0.4) is 0 Å². The van der Waals surface area contributed by atoms with Gasteiger partial charge in [0.2, 0.25) is 5.91 Å². The Balaban J connectivity index is 2.14. The molecule has 0 aliphatic carbocycles. The van der Waals surface area contributed by atoms with Crippen LogP contribution in [0.15, 0.2) is 24.5 Å². The van der Waals surface area contributed by atoms with E-state index in [1.807, 2.05) is 0 Å². The maximum absolute atomic E-state index is 11.1. The molecule has 0 fully saturated rings. The van der Waals surface area contributed by atoms with Crippen molar-refractivity contribution in [1.29, 1.82) is 0 Å². The molecule has 1 amide bonds. The lowest BCUT2D eigenvalue weighted by Gasteiger charge is -2.05. The highest BCUT2D eigenvalue weighted by Crippen LogP contribution is 2.05. The summed E-state index contributed by atoms with van der Waals surface area (Å²) in [4.78, 5) is 15.0. The fraction of sp³-hybridized carbons (Fsp3) is 0.400. The average Bonchev–Trinajstić information content (AvgIpc) is 2.28. The van der Waals surface area contributed by atoms with E-state index in [9.17, 15) is 4.79 Å². The number of nitrogens with one attached hydrogen (secondary N) is 1. The Bertz CT molecular complexity index is 290. The molecule has 0 atom stereocenters. The van der Waals surface area contributed by atoms with Crippen molar-refractivity contribution in [3.05, 3.63) is 24.5 Å². The second-order valence-electron chi connectivity index (χ2n) is 2.93. The van der Waals surface area contributed by atoms with Crippen molar-refractivity contribution in [1.82, 2.24) is 10.3 Å². The molecule has 0 radical (unpaired) electrons. The Morgan fingerprint density at radius 3 is 3.13 bits per heavy atom. The lowest BCUT2D eigenvalue weighted by Crippen LogP contribution is -2.29. The third-order valence-corrected chi connectivity index (χ3v) is 1.70. The van der Waals surface area contributed by atoms with Crippen LogP contribution in [0.25, 0.3) is 0 Å². The molecule has 0 unspecified atom stereocenters. The molecule has 1 aromatic rings. The molecule has 5 heteroatoms. The van der Waals surface area contributed by atoms with Gasteiger partial charge in [0, 0.05) is 19.3 Å². The van der Waals surface area contributed by atoms with Crippen LogP contribution in [-0.4, -0.2) is 30.6 Å². The number of carbonyl (C=O) groups excluding carboxylic acids is 1. The molecule has 1 heterocycles. The van der Waals surface area contributed by atoms with Crippen molar-refractivity contribution in [3.63, 3.8) is 0 Å². The Kier molecular flexibility index (Phi) is 5.18. The number of ether oxygens (including phenoxy) is 1. The molecular weight excluding hydrogens is 194 g/mol. The van der Waals surface area contributed by atoms with E-state index >= 15 is 0 Å². The summed E-state index contributed by atoms with van der Waals surface area (Å²) in [6.45, 7) is 1.31. The van der Waals surface area contributed by atoms with Crippen molar-refractivity contribution >= 4 is 5.91 Å². The van der Waals surface area contributed by atoms with Gasteiger partial charge in [0.05, 0.1) is 19.2 Å². The number of pyridine rings is 1. The van der Waals surface area contributed by atoms with Crippen LogP contribution in [-0.2, 0) is 4.79 Å². The Labute approximate surface area is 88.6 Å². The summed E-state index contributed by atoms with van der Waals surface area (Å²) in [7, 11) is 0. The van der Waals surface area contributed by atoms with Gasteiger partial charge in [-0.3, -0.25) is 9.78 Å². The lowest BCUT2D eigenvalue weighted by molar-refractivity contribution is -0.121. The predicted molar refractivity (Wildman–Crippen MR) is 56.4 cm³/mol. The second kappa shape index (κ2) is 6.78. The first-order valence-electron chi connectivity index (χ1n) is 4.82. The Morgan fingerprint density at radius 2 is 2.47 bits per heavy atom. The van der Waals surface area contributed by atoms with Gasteiger partial charge in [0.1, 0.15) is 5.75 Å². The van der Waals surface area contributed by atoms with E-state index in [-0.39, 0.29) is 5.91 Å². The number of hydrogen-bond acceptors (Lipinski definition) is 4. The molecule has 82 valence electrons. The van der Waals surface area contributed by atoms with E-state index in [2.05, 4.69) is 10.3 Å². The predicted octanol–water partition coefficient (Wildman–Crippen LogP) is -0.0746. The van der Waals surface area contributed by atoms with Gasteiger partial charge >= 0.3 is 0 Å². The van der Waals surface area contributed by atoms with Gasteiger partial charge in [-0.1, -0.05) is 0 Å². The fourth-order valence-electron chi connectivity index (χ4n) is 0.994. The highest BCUT2D eigenvalue weighted by molar-refractivity contribution is 5.75. The number of hydrogen-bond donors (Lipinski definition) is 2. The Morgan fingerprint density at radius 1 is 1.60 bits per heavy atom. The first-order valence-corrected chi connectivity index (χ1v) is 4.82. The van der Waals surface area contributed by atoms with Crippen molar-refractivity contribution in [2.75, 3.05) is 19.7 Å². The van der Waals surface area contributed by atoms with Gasteiger partial charge in [-0.15, -0.1) is 0 Å². The maximum Gasteiger partial charge on any atom is 0.223 e. The third-order valence-electron chi connectivity index (χ3n) is 1.70. The molecule has 0 saturated carbocycles. The highest BCUT2D eigenvalue weighted by atomic mass is 16.5. The molecule has 0 spiro atoms. The summed E-state index contributed by atoms with van der Waals surface area (Å²) in [6, 6.07) is 3.58. The van der Waals surface area contributed by atoms with E-state index in [1.54, 1.807) is 24.5 Å². The standard InChI is InChI=1S/C10H15N3O2/c11-4-6-13-10(14)3-7-15-9-2-1-5-12-8-9/h1-2,5,8H,3-4,6-7,11H2,(H,13,14). The molecule has 0 aliphatic rings. The van der Waals surface area contributed by atoms with E-state index < -0.39 is 0 Å². The molecule has 1 aromatic heterocycles. The zero-order valence-electron chi connectivity index (χ0n) is 8.48. The first-order chi connectivity index (χ1) is 7.33. The van der Waals surface area contributed by atoms with Crippen LogP contribution in [0.1, 0.15) is 6.42 Å². The zero-order chi connectivity index (χ0) is 10.9. The second-order valence-corrected chi connectivity index (χ2v) is 2.93. The van der Waals surface area contributed by atoms with E-state index in [1.165, 1.54) is 0 Å². The molecule has 5 nitrogen and oxygen atoms in total. The lowest BCUT2D eigenvalue weighted by atomic mass is 10.4. The van der Waals surface area contributed by atoms with Crippen LogP contribution >= 0.6 is 0 Å². The number of amides is 1. The zero-order valence-corrected chi connectivity index (χ0v) is 8.48. The third kappa shape index (κ3) is 4.97. The molecule has 0 saturated heterocycles. The Hall–Kier alpha value is -1.62. The summed E-state index contributed by atoms with van der Waals surface area (Å²) in [5.41, 5.74) is 5.24. The minimum absolute atomic E-state index is 0.0515. The van der Waals surface area contributed by atoms with Crippen LogP contribution in [0.4, 0.5) is 0 Å². The molecule has 0 aromatic carbocycles. The minimum Gasteiger partial charge on any atom is -0.491 e. The van der Waals surface area contributed by atoms with E-state index in [4.69, 9.17) is 10.5 Å².